The highest BCUT2D eigenvalue weighted by Gasteiger charge is 2.23. The monoisotopic (exact) mass is 227 g/mol. The van der Waals surface area contributed by atoms with Gasteiger partial charge in [-0.3, -0.25) is 4.90 Å². The SMILES string of the molecule is Cc1csc(C2CN(CCN)CCO2)n1. The lowest BCUT2D eigenvalue weighted by atomic mass is 10.3. The van der Waals surface area contributed by atoms with Gasteiger partial charge < -0.3 is 10.5 Å². The summed E-state index contributed by atoms with van der Waals surface area (Å²) in [6.07, 6.45) is 0.143. The predicted octanol–water partition coefficient (Wildman–Crippen LogP) is 0.784. The van der Waals surface area contributed by atoms with Crippen LogP contribution in [0, 0.1) is 6.92 Å². The number of rotatable bonds is 3. The molecule has 1 aliphatic heterocycles. The maximum Gasteiger partial charge on any atom is 0.123 e. The third-order valence-corrected chi connectivity index (χ3v) is 3.56. The Balaban J connectivity index is 1.98. The Kier molecular flexibility index (Phi) is 3.69. The van der Waals surface area contributed by atoms with Gasteiger partial charge in [0.1, 0.15) is 11.1 Å². The van der Waals surface area contributed by atoms with Crippen molar-refractivity contribution < 1.29 is 4.74 Å². The number of nitrogens with two attached hydrogens (primary N) is 1. The summed E-state index contributed by atoms with van der Waals surface area (Å²) < 4.78 is 5.72. The van der Waals surface area contributed by atoms with Gasteiger partial charge in [-0.15, -0.1) is 11.3 Å². The molecule has 0 saturated carbocycles. The van der Waals surface area contributed by atoms with Gasteiger partial charge in [0.25, 0.3) is 0 Å². The molecule has 1 fully saturated rings. The lowest BCUT2D eigenvalue weighted by Gasteiger charge is -2.31. The Hall–Kier alpha value is -0.490. The van der Waals surface area contributed by atoms with E-state index in [1.165, 1.54) is 0 Å². The third-order valence-electron chi connectivity index (χ3n) is 2.51. The van der Waals surface area contributed by atoms with E-state index >= 15 is 0 Å². The van der Waals surface area contributed by atoms with E-state index in [0.717, 1.165) is 36.9 Å². The lowest BCUT2D eigenvalue weighted by Crippen LogP contribution is -2.40. The smallest absolute Gasteiger partial charge is 0.123 e. The molecule has 0 amide bonds. The van der Waals surface area contributed by atoms with Crippen molar-refractivity contribution in [1.29, 1.82) is 0 Å². The van der Waals surface area contributed by atoms with Crippen LogP contribution in [0.1, 0.15) is 16.8 Å². The average molecular weight is 227 g/mol. The molecule has 0 radical (unpaired) electrons. The number of nitrogens with zero attached hydrogens (tertiary/aromatic N) is 2. The summed E-state index contributed by atoms with van der Waals surface area (Å²) in [4.78, 5) is 6.80. The molecule has 1 saturated heterocycles. The molecule has 15 heavy (non-hydrogen) atoms. The van der Waals surface area contributed by atoms with Gasteiger partial charge in [-0.1, -0.05) is 0 Å². The van der Waals surface area contributed by atoms with Crippen LogP contribution in [0.5, 0.6) is 0 Å². The maximum absolute atomic E-state index is 5.72. The van der Waals surface area contributed by atoms with Crippen LogP contribution in [0.4, 0.5) is 0 Å². The van der Waals surface area contributed by atoms with Gasteiger partial charge in [0.2, 0.25) is 0 Å². The van der Waals surface area contributed by atoms with Gasteiger partial charge in [0.05, 0.1) is 6.61 Å². The number of hydrogen-bond donors (Lipinski definition) is 1. The van der Waals surface area contributed by atoms with E-state index in [2.05, 4.69) is 15.3 Å². The molecule has 0 spiro atoms. The molecule has 0 aliphatic carbocycles. The van der Waals surface area contributed by atoms with Gasteiger partial charge in [-0.25, -0.2) is 4.98 Å². The Bertz CT molecular complexity index is 313. The minimum atomic E-state index is 0.143. The van der Waals surface area contributed by atoms with Crippen molar-refractivity contribution in [1.82, 2.24) is 9.88 Å². The highest BCUT2D eigenvalue weighted by molar-refractivity contribution is 7.09. The van der Waals surface area contributed by atoms with E-state index in [0.29, 0.717) is 6.54 Å². The summed E-state index contributed by atoms with van der Waals surface area (Å²) in [7, 11) is 0. The zero-order chi connectivity index (χ0) is 10.7. The molecule has 4 nitrogen and oxygen atoms in total. The molecule has 1 aromatic rings. The topological polar surface area (TPSA) is 51.4 Å². The molecule has 0 aromatic carbocycles. The molecule has 1 atom stereocenters. The van der Waals surface area contributed by atoms with Crippen molar-refractivity contribution in [3.05, 3.63) is 16.1 Å². The van der Waals surface area contributed by atoms with E-state index in [4.69, 9.17) is 10.5 Å². The average Bonchev–Trinajstić information content (AvgIpc) is 2.66. The first-order chi connectivity index (χ1) is 7.29. The highest BCUT2D eigenvalue weighted by atomic mass is 32.1. The number of hydrogen-bond acceptors (Lipinski definition) is 5. The largest absolute Gasteiger partial charge is 0.368 e. The van der Waals surface area contributed by atoms with E-state index in [1.54, 1.807) is 11.3 Å². The van der Waals surface area contributed by atoms with Gasteiger partial charge in [0.15, 0.2) is 0 Å². The highest BCUT2D eigenvalue weighted by Crippen LogP contribution is 2.24. The van der Waals surface area contributed by atoms with Crippen molar-refractivity contribution in [3.63, 3.8) is 0 Å². The molecule has 5 heteroatoms. The van der Waals surface area contributed by atoms with Crippen LogP contribution in [0.2, 0.25) is 0 Å². The Morgan fingerprint density at radius 3 is 3.27 bits per heavy atom. The number of morpholine rings is 1. The summed E-state index contributed by atoms with van der Waals surface area (Å²) in [5.41, 5.74) is 6.63. The molecule has 2 rings (SSSR count). The number of aryl methyl sites for hydroxylation is 1. The molecule has 0 bridgehead atoms. The molecule has 2 N–H and O–H groups in total. The van der Waals surface area contributed by atoms with Gasteiger partial charge >= 0.3 is 0 Å². The van der Waals surface area contributed by atoms with E-state index in [1.807, 2.05) is 6.92 Å². The molecule has 1 aromatic heterocycles. The number of thiazole rings is 1. The summed E-state index contributed by atoms with van der Waals surface area (Å²) in [6.45, 7) is 6.36. The second-order valence-corrected chi connectivity index (χ2v) is 4.67. The fourth-order valence-corrected chi connectivity index (χ4v) is 2.59. The molecule has 84 valence electrons. The standard InChI is InChI=1S/C10H17N3OS/c1-8-7-15-10(12-8)9-6-13(3-2-11)4-5-14-9/h7,9H,2-6,11H2,1H3. The summed E-state index contributed by atoms with van der Waals surface area (Å²) >= 11 is 1.68. The summed E-state index contributed by atoms with van der Waals surface area (Å²) in [5, 5.41) is 3.16. The predicted molar refractivity (Wildman–Crippen MR) is 61.0 cm³/mol. The summed E-state index contributed by atoms with van der Waals surface area (Å²) in [5.74, 6) is 0. The van der Waals surface area contributed by atoms with E-state index < -0.39 is 0 Å². The Labute approximate surface area is 94.1 Å². The van der Waals surface area contributed by atoms with Crippen molar-refractivity contribution in [2.75, 3.05) is 32.8 Å². The second-order valence-electron chi connectivity index (χ2n) is 3.78. The van der Waals surface area contributed by atoms with Crippen LogP contribution in [-0.2, 0) is 4.74 Å². The van der Waals surface area contributed by atoms with E-state index in [9.17, 15) is 0 Å². The van der Waals surface area contributed by atoms with E-state index in [-0.39, 0.29) is 6.10 Å². The van der Waals surface area contributed by atoms with Gasteiger partial charge in [0, 0.05) is 37.3 Å². The Morgan fingerprint density at radius 2 is 2.60 bits per heavy atom. The quantitative estimate of drug-likeness (QED) is 0.829. The molecular weight excluding hydrogens is 210 g/mol. The summed E-state index contributed by atoms with van der Waals surface area (Å²) in [6, 6.07) is 0. The fraction of sp³-hybridized carbons (Fsp3) is 0.700. The van der Waals surface area contributed by atoms with Crippen molar-refractivity contribution in [2.45, 2.75) is 13.0 Å². The van der Waals surface area contributed by atoms with Crippen LogP contribution in [0.3, 0.4) is 0 Å². The minimum absolute atomic E-state index is 0.143. The van der Waals surface area contributed by atoms with Crippen LogP contribution in [-0.4, -0.2) is 42.7 Å². The zero-order valence-corrected chi connectivity index (χ0v) is 9.80. The number of ether oxygens (including phenoxy) is 1. The van der Waals surface area contributed by atoms with Gasteiger partial charge in [-0.05, 0) is 6.92 Å². The number of aromatic nitrogens is 1. The van der Waals surface area contributed by atoms with Crippen LogP contribution < -0.4 is 5.73 Å². The van der Waals surface area contributed by atoms with Gasteiger partial charge in [-0.2, -0.15) is 0 Å². The second kappa shape index (κ2) is 5.03. The molecule has 1 aliphatic rings. The van der Waals surface area contributed by atoms with Crippen molar-refractivity contribution >= 4 is 11.3 Å². The minimum Gasteiger partial charge on any atom is -0.368 e. The van der Waals surface area contributed by atoms with Crippen molar-refractivity contribution in [3.8, 4) is 0 Å². The first-order valence-corrected chi connectivity index (χ1v) is 6.13. The maximum atomic E-state index is 5.72. The van der Waals surface area contributed by atoms with Crippen molar-refractivity contribution in [2.24, 2.45) is 5.73 Å². The fourth-order valence-electron chi connectivity index (χ4n) is 1.76. The zero-order valence-electron chi connectivity index (χ0n) is 8.98. The first-order valence-electron chi connectivity index (χ1n) is 5.25. The third kappa shape index (κ3) is 2.75. The lowest BCUT2D eigenvalue weighted by molar-refractivity contribution is -0.0289. The Morgan fingerprint density at radius 1 is 1.73 bits per heavy atom. The molecular formula is C10H17N3OS. The normalized spacial score (nSPS) is 23.2. The van der Waals surface area contributed by atoms with Crippen LogP contribution >= 0.6 is 11.3 Å². The first kappa shape index (κ1) is 11.0. The molecule has 2 heterocycles. The van der Waals surface area contributed by atoms with Crippen LogP contribution in [0.25, 0.3) is 0 Å². The molecule has 1 unspecified atom stereocenters. The van der Waals surface area contributed by atoms with Crippen LogP contribution in [0.15, 0.2) is 5.38 Å².